The summed E-state index contributed by atoms with van der Waals surface area (Å²) in [6.07, 6.45) is 4.23. The highest BCUT2D eigenvalue weighted by molar-refractivity contribution is 5.84. The number of nitrogens with zero attached hydrogens (tertiary/aromatic N) is 2. The Morgan fingerprint density at radius 1 is 1.57 bits per heavy atom. The molecule has 0 aromatic carbocycles. The Balaban J connectivity index is 2.37. The fourth-order valence-corrected chi connectivity index (χ4v) is 1.74. The van der Waals surface area contributed by atoms with Gasteiger partial charge in [0.1, 0.15) is 0 Å². The van der Waals surface area contributed by atoms with E-state index in [4.69, 9.17) is 5.11 Å². The molecule has 0 amide bonds. The zero-order valence-corrected chi connectivity index (χ0v) is 8.03. The van der Waals surface area contributed by atoms with Gasteiger partial charge in [-0.3, -0.25) is 4.98 Å². The normalized spacial score (nSPS) is 20.2. The minimum Gasteiger partial charge on any atom is -0.476 e. The minimum absolute atomic E-state index is 0.0536. The van der Waals surface area contributed by atoms with Gasteiger partial charge in [0.15, 0.2) is 5.69 Å². The maximum absolute atomic E-state index is 10.7. The Bertz CT molecular complexity index is 376. The number of aromatic carboxylic acids is 1. The molecule has 0 radical (unpaired) electrons. The molecule has 4 heteroatoms. The van der Waals surface area contributed by atoms with Crippen molar-refractivity contribution in [3.63, 3.8) is 0 Å². The third-order valence-electron chi connectivity index (χ3n) is 2.57. The molecule has 0 spiro atoms. The molecule has 2 rings (SSSR count). The third kappa shape index (κ3) is 1.60. The van der Waals surface area contributed by atoms with Gasteiger partial charge in [-0.15, -0.1) is 0 Å². The van der Waals surface area contributed by atoms with Crippen molar-refractivity contribution in [3.05, 3.63) is 23.3 Å². The van der Waals surface area contributed by atoms with Crippen LogP contribution in [0.4, 0.5) is 0 Å². The smallest absolute Gasteiger partial charge is 0.356 e. The van der Waals surface area contributed by atoms with Gasteiger partial charge in [-0.05, 0) is 25.2 Å². The Kier molecular flexibility index (Phi) is 2.19. The van der Waals surface area contributed by atoms with Gasteiger partial charge >= 0.3 is 5.97 Å². The van der Waals surface area contributed by atoms with Gasteiger partial charge in [0.05, 0.1) is 17.6 Å². The van der Waals surface area contributed by atoms with Crippen LogP contribution in [0.3, 0.4) is 0 Å². The van der Waals surface area contributed by atoms with E-state index in [1.165, 1.54) is 6.20 Å². The number of aryl methyl sites for hydroxylation is 1. The Labute approximate surface area is 82.0 Å². The first-order valence-corrected chi connectivity index (χ1v) is 4.75. The van der Waals surface area contributed by atoms with Crippen LogP contribution in [0.1, 0.15) is 35.2 Å². The molecular weight excluding hydrogens is 180 g/mol. The summed E-state index contributed by atoms with van der Waals surface area (Å²) in [5.41, 5.74) is 1.88. The van der Waals surface area contributed by atoms with Crippen LogP contribution in [0, 0.1) is 5.92 Å². The first-order valence-electron chi connectivity index (χ1n) is 4.75. The number of fused-ring (bicyclic) bond motifs is 1. The number of carboxylic acid groups (broad SMARTS) is 1. The molecule has 0 bridgehead atoms. The van der Waals surface area contributed by atoms with Crippen LogP contribution in [0.15, 0.2) is 6.20 Å². The van der Waals surface area contributed by atoms with Crippen molar-refractivity contribution >= 4 is 5.97 Å². The van der Waals surface area contributed by atoms with E-state index in [0.29, 0.717) is 5.92 Å². The summed E-state index contributed by atoms with van der Waals surface area (Å²) in [6, 6.07) is 0. The molecule has 1 aliphatic carbocycles. The fourth-order valence-electron chi connectivity index (χ4n) is 1.74. The van der Waals surface area contributed by atoms with Gasteiger partial charge in [0, 0.05) is 0 Å². The zero-order chi connectivity index (χ0) is 10.1. The highest BCUT2D eigenvalue weighted by Crippen LogP contribution is 2.21. The second-order valence-electron chi connectivity index (χ2n) is 3.80. The van der Waals surface area contributed by atoms with Crippen molar-refractivity contribution in [2.24, 2.45) is 5.92 Å². The van der Waals surface area contributed by atoms with E-state index < -0.39 is 5.97 Å². The quantitative estimate of drug-likeness (QED) is 0.728. The maximum Gasteiger partial charge on any atom is 0.356 e. The summed E-state index contributed by atoms with van der Waals surface area (Å²) in [5.74, 6) is -0.417. The molecule has 0 aliphatic heterocycles. The highest BCUT2D eigenvalue weighted by Gasteiger charge is 2.19. The van der Waals surface area contributed by atoms with Crippen LogP contribution in [0.25, 0.3) is 0 Å². The lowest BCUT2D eigenvalue weighted by Gasteiger charge is -2.19. The fraction of sp³-hybridized carbons (Fsp3) is 0.500. The Morgan fingerprint density at radius 3 is 3.07 bits per heavy atom. The second kappa shape index (κ2) is 3.36. The van der Waals surface area contributed by atoms with Crippen molar-refractivity contribution in [1.82, 2.24) is 9.97 Å². The number of aromatic nitrogens is 2. The van der Waals surface area contributed by atoms with E-state index in [9.17, 15) is 4.79 Å². The van der Waals surface area contributed by atoms with Crippen molar-refractivity contribution in [2.45, 2.75) is 26.2 Å². The SMILES string of the molecule is CC1CCc2ncc(C(=O)O)nc2C1. The number of hydrogen-bond donors (Lipinski definition) is 1. The van der Waals surface area contributed by atoms with Gasteiger partial charge < -0.3 is 5.11 Å². The largest absolute Gasteiger partial charge is 0.476 e. The van der Waals surface area contributed by atoms with Crippen LogP contribution < -0.4 is 0 Å². The van der Waals surface area contributed by atoms with Crippen LogP contribution >= 0.6 is 0 Å². The first kappa shape index (κ1) is 9.12. The molecule has 1 atom stereocenters. The summed E-state index contributed by atoms with van der Waals surface area (Å²) in [4.78, 5) is 18.9. The molecule has 1 heterocycles. The maximum atomic E-state index is 10.7. The average molecular weight is 192 g/mol. The Morgan fingerprint density at radius 2 is 2.36 bits per heavy atom. The van der Waals surface area contributed by atoms with E-state index in [1.807, 2.05) is 0 Å². The van der Waals surface area contributed by atoms with Gasteiger partial charge in [-0.25, -0.2) is 9.78 Å². The van der Waals surface area contributed by atoms with Crippen LogP contribution in [0.5, 0.6) is 0 Å². The molecule has 1 N–H and O–H groups in total. The minimum atomic E-state index is -1.00. The Hall–Kier alpha value is -1.45. The van der Waals surface area contributed by atoms with Crippen LogP contribution in [-0.4, -0.2) is 21.0 Å². The number of carboxylic acids is 1. The summed E-state index contributed by atoms with van der Waals surface area (Å²) in [6.45, 7) is 2.15. The van der Waals surface area contributed by atoms with E-state index >= 15 is 0 Å². The standard InChI is InChI=1S/C10H12N2O2/c1-6-2-3-7-8(4-6)12-9(5-11-7)10(13)14/h5-6H,2-4H2,1H3,(H,13,14). The summed E-state index contributed by atoms with van der Waals surface area (Å²) < 4.78 is 0. The van der Waals surface area contributed by atoms with Crippen molar-refractivity contribution < 1.29 is 9.90 Å². The third-order valence-corrected chi connectivity index (χ3v) is 2.57. The predicted octanol–water partition coefficient (Wildman–Crippen LogP) is 1.30. The van der Waals surface area contributed by atoms with Gasteiger partial charge in [-0.1, -0.05) is 6.92 Å². The van der Waals surface area contributed by atoms with E-state index in [2.05, 4.69) is 16.9 Å². The van der Waals surface area contributed by atoms with Crippen molar-refractivity contribution in [1.29, 1.82) is 0 Å². The lowest BCUT2D eigenvalue weighted by atomic mass is 9.91. The van der Waals surface area contributed by atoms with Crippen LogP contribution in [-0.2, 0) is 12.8 Å². The molecule has 74 valence electrons. The molecule has 0 saturated carbocycles. The van der Waals surface area contributed by atoms with E-state index in [0.717, 1.165) is 30.7 Å². The summed E-state index contributed by atoms with van der Waals surface area (Å²) in [7, 11) is 0. The van der Waals surface area contributed by atoms with Crippen molar-refractivity contribution in [3.8, 4) is 0 Å². The summed E-state index contributed by atoms with van der Waals surface area (Å²) >= 11 is 0. The second-order valence-corrected chi connectivity index (χ2v) is 3.80. The lowest BCUT2D eigenvalue weighted by molar-refractivity contribution is 0.0689. The van der Waals surface area contributed by atoms with Gasteiger partial charge in [0.2, 0.25) is 0 Å². The zero-order valence-electron chi connectivity index (χ0n) is 8.03. The average Bonchev–Trinajstić information content (AvgIpc) is 2.16. The molecule has 0 fully saturated rings. The molecule has 1 aliphatic rings. The molecule has 1 unspecified atom stereocenters. The number of rotatable bonds is 1. The summed E-state index contributed by atoms with van der Waals surface area (Å²) in [5, 5.41) is 8.75. The van der Waals surface area contributed by atoms with E-state index in [1.54, 1.807) is 0 Å². The molecule has 14 heavy (non-hydrogen) atoms. The van der Waals surface area contributed by atoms with Crippen molar-refractivity contribution in [2.75, 3.05) is 0 Å². The molecule has 1 aromatic rings. The highest BCUT2D eigenvalue weighted by atomic mass is 16.4. The van der Waals surface area contributed by atoms with Crippen LogP contribution in [0.2, 0.25) is 0 Å². The first-order chi connectivity index (χ1) is 6.66. The van der Waals surface area contributed by atoms with E-state index in [-0.39, 0.29) is 5.69 Å². The molecule has 1 aromatic heterocycles. The number of hydrogen-bond acceptors (Lipinski definition) is 3. The number of carbonyl (C=O) groups is 1. The topological polar surface area (TPSA) is 63.1 Å². The molecular formula is C10H12N2O2. The van der Waals surface area contributed by atoms with Gasteiger partial charge in [-0.2, -0.15) is 0 Å². The predicted molar refractivity (Wildman–Crippen MR) is 50.2 cm³/mol. The molecule has 4 nitrogen and oxygen atoms in total. The van der Waals surface area contributed by atoms with Gasteiger partial charge in [0.25, 0.3) is 0 Å². The molecule has 0 saturated heterocycles. The monoisotopic (exact) mass is 192 g/mol. The lowest BCUT2D eigenvalue weighted by Crippen LogP contribution is -2.17.